The van der Waals surface area contributed by atoms with Crippen LogP contribution in [0, 0.1) is 5.82 Å². The average molecular weight is 347 g/mol. The Labute approximate surface area is 139 Å². The van der Waals surface area contributed by atoms with Gasteiger partial charge in [0.2, 0.25) is 11.8 Å². The predicted octanol–water partition coefficient (Wildman–Crippen LogP) is 2.87. The van der Waals surface area contributed by atoms with Crippen molar-refractivity contribution in [1.82, 2.24) is 10.2 Å². The Morgan fingerprint density at radius 1 is 1.36 bits per heavy atom. The maximum absolute atomic E-state index is 13.1. The van der Waals surface area contributed by atoms with Gasteiger partial charge in [-0.1, -0.05) is 17.7 Å². The highest BCUT2D eigenvalue weighted by Gasteiger charge is 2.18. The molecule has 1 aromatic carbocycles. The lowest BCUT2D eigenvalue weighted by atomic mass is 10.2. The first kappa shape index (κ1) is 18.8. The highest BCUT2D eigenvalue weighted by molar-refractivity contribution is 8.00. The zero-order chi connectivity index (χ0) is 16.9. The fourth-order valence-corrected chi connectivity index (χ4v) is 2.81. The molecule has 1 N–H and O–H groups in total. The number of carbonyl (C=O) groups excluding carboxylic acids is 2. The molecule has 0 aliphatic heterocycles. The van der Waals surface area contributed by atoms with Gasteiger partial charge >= 0.3 is 0 Å². The largest absolute Gasteiger partial charge is 0.347 e. The number of hydrogen-bond acceptors (Lipinski definition) is 3. The first-order chi connectivity index (χ1) is 10.2. The minimum Gasteiger partial charge on any atom is -0.347 e. The predicted molar refractivity (Wildman–Crippen MR) is 88.6 cm³/mol. The zero-order valence-corrected chi connectivity index (χ0v) is 14.6. The molecule has 4 nitrogen and oxygen atoms in total. The number of rotatable bonds is 6. The summed E-state index contributed by atoms with van der Waals surface area (Å²) in [6, 6.07) is 3.96. The van der Waals surface area contributed by atoms with E-state index in [4.69, 9.17) is 11.6 Å². The van der Waals surface area contributed by atoms with Gasteiger partial charge in [-0.05, 0) is 31.5 Å². The number of amides is 2. The number of likely N-dealkylation sites (N-methyl/N-ethyl adjacent to an activating group) is 1. The number of nitrogens with zero attached hydrogens (tertiary/aromatic N) is 1. The number of halogens is 2. The van der Waals surface area contributed by atoms with Crippen molar-refractivity contribution in [3.63, 3.8) is 0 Å². The summed E-state index contributed by atoms with van der Waals surface area (Å²) >= 11 is 7.14. The summed E-state index contributed by atoms with van der Waals surface area (Å²) in [5, 5.41) is 2.71. The van der Waals surface area contributed by atoms with Gasteiger partial charge in [0.15, 0.2) is 0 Å². The van der Waals surface area contributed by atoms with E-state index in [2.05, 4.69) is 5.32 Å². The summed E-state index contributed by atoms with van der Waals surface area (Å²) in [6.07, 6.45) is 0. The van der Waals surface area contributed by atoms with E-state index < -0.39 is 11.9 Å². The van der Waals surface area contributed by atoms with Crippen molar-refractivity contribution < 1.29 is 14.0 Å². The number of carbonyl (C=O) groups is 2. The van der Waals surface area contributed by atoms with Crippen LogP contribution in [0.25, 0.3) is 0 Å². The average Bonchev–Trinajstić information content (AvgIpc) is 2.46. The third-order valence-corrected chi connectivity index (χ3v) is 4.56. The van der Waals surface area contributed by atoms with Crippen LogP contribution in [0.4, 0.5) is 4.39 Å². The molecule has 1 aromatic rings. The molecule has 0 spiro atoms. The fraction of sp³-hybridized carbons (Fsp3) is 0.467. The van der Waals surface area contributed by atoms with Gasteiger partial charge in [0.25, 0.3) is 0 Å². The molecular formula is C15H20ClFN2O2S. The SMILES string of the molecule is C[C@H](SCC(=O)N[C@H](C)C(=O)N(C)C)c1ccc(F)c(Cl)c1. The lowest BCUT2D eigenvalue weighted by Crippen LogP contribution is -2.44. The first-order valence-electron chi connectivity index (χ1n) is 6.79. The molecule has 0 aromatic heterocycles. The van der Waals surface area contributed by atoms with Crippen LogP contribution in [-0.4, -0.2) is 42.6 Å². The van der Waals surface area contributed by atoms with E-state index in [0.717, 1.165) is 5.56 Å². The minimum absolute atomic E-state index is 0.0105. The van der Waals surface area contributed by atoms with Gasteiger partial charge < -0.3 is 10.2 Å². The van der Waals surface area contributed by atoms with Gasteiger partial charge in [-0.25, -0.2) is 4.39 Å². The van der Waals surface area contributed by atoms with Crippen molar-refractivity contribution >= 4 is 35.2 Å². The van der Waals surface area contributed by atoms with Crippen molar-refractivity contribution in [2.24, 2.45) is 0 Å². The molecule has 0 aliphatic rings. The summed E-state index contributed by atoms with van der Waals surface area (Å²) in [4.78, 5) is 24.9. The van der Waals surface area contributed by atoms with Crippen LogP contribution in [0.2, 0.25) is 5.02 Å². The highest BCUT2D eigenvalue weighted by Crippen LogP contribution is 2.30. The molecule has 0 saturated carbocycles. The van der Waals surface area contributed by atoms with E-state index in [0.29, 0.717) is 0 Å². The molecule has 0 unspecified atom stereocenters. The summed E-state index contributed by atoms with van der Waals surface area (Å²) in [7, 11) is 3.28. The second-order valence-electron chi connectivity index (χ2n) is 5.15. The Hall–Kier alpha value is -1.27. The molecular weight excluding hydrogens is 327 g/mol. The van der Waals surface area contributed by atoms with Gasteiger partial charge in [-0.3, -0.25) is 9.59 Å². The maximum Gasteiger partial charge on any atom is 0.244 e. The van der Waals surface area contributed by atoms with E-state index in [1.165, 1.54) is 22.7 Å². The second-order valence-corrected chi connectivity index (χ2v) is 6.88. The maximum atomic E-state index is 13.1. The molecule has 0 saturated heterocycles. The summed E-state index contributed by atoms with van der Waals surface area (Å²) in [6.45, 7) is 3.56. The molecule has 0 heterocycles. The van der Waals surface area contributed by atoms with Crippen molar-refractivity contribution in [2.45, 2.75) is 25.1 Å². The second kappa shape index (κ2) is 8.39. The van der Waals surface area contributed by atoms with E-state index in [9.17, 15) is 14.0 Å². The molecule has 22 heavy (non-hydrogen) atoms. The van der Waals surface area contributed by atoms with Crippen LogP contribution < -0.4 is 5.32 Å². The normalized spacial score (nSPS) is 13.4. The Morgan fingerprint density at radius 2 is 2.00 bits per heavy atom. The molecule has 2 amide bonds. The van der Waals surface area contributed by atoms with Crippen LogP contribution in [0.3, 0.4) is 0 Å². The van der Waals surface area contributed by atoms with Crippen molar-refractivity contribution in [2.75, 3.05) is 19.8 Å². The molecule has 122 valence electrons. The van der Waals surface area contributed by atoms with E-state index in [1.54, 1.807) is 33.2 Å². The van der Waals surface area contributed by atoms with E-state index >= 15 is 0 Å². The molecule has 0 radical (unpaired) electrons. The Balaban J connectivity index is 2.49. The third-order valence-electron chi connectivity index (χ3n) is 3.07. The molecule has 0 bridgehead atoms. The van der Waals surface area contributed by atoms with Crippen LogP contribution in [0.15, 0.2) is 18.2 Å². The Morgan fingerprint density at radius 3 is 2.55 bits per heavy atom. The summed E-state index contributed by atoms with van der Waals surface area (Å²) in [5.41, 5.74) is 0.849. The molecule has 1 rings (SSSR count). The van der Waals surface area contributed by atoms with E-state index in [-0.39, 0.29) is 27.8 Å². The van der Waals surface area contributed by atoms with Gasteiger partial charge in [-0.15, -0.1) is 11.8 Å². The monoisotopic (exact) mass is 346 g/mol. The molecule has 7 heteroatoms. The van der Waals surface area contributed by atoms with Crippen molar-refractivity contribution in [3.8, 4) is 0 Å². The van der Waals surface area contributed by atoms with Crippen LogP contribution in [0.1, 0.15) is 24.7 Å². The fourth-order valence-electron chi connectivity index (χ4n) is 1.79. The molecule has 2 atom stereocenters. The van der Waals surface area contributed by atoms with Gasteiger partial charge in [-0.2, -0.15) is 0 Å². The molecule has 0 fully saturated rings. The smallest absolute Gasteiger partial charge is 0.244 e. The number of nitrogens with one attached hydrogen (secondary N) is 1. The summed E-state index contributed by atoms with van der Waals surface area (Å²) < 4.78 is 13.1. The standard InChI is InChI=1S/C15H20ClFN2O2S/c1-9(15(21)19(3)4)18-14(20)8-22-10(2)11-5-6-13(17)12(16)7-11/h5-7,9-10H,8H2,1-4H3,(H,18,20)/t9-,10+/m1/s1. The summed E-state index contributed by atoms with van der Waals surface area (Å²) in [5.74, 6) is -0.623. The minimum atomic E-state index is -0.557. The lowest BCUT2D eigenvalue weighted by molar-refractivity contribution is -0.133. The number of hydrogen-bond donors (Lipinski definition) is 1. The van der Waals surface area contributed by atoms with Gasteiger partial charge in [0, 0.05) is 19.3 Å². The quantitative estimate of drug-likeness (QED) is 0.861. The van der Waals surface area contributed by atoms with Crippen LogP contribution in [-0.2, 0) is 9.59 Å². The van der Waals surface area contributed by atoms with Gasteiger partial charge in [0.1, 0.15) is 11.9 Å². The highest BCUT2D eigenvalue weighted by atomic mass is 35.5. The Kier molecular flexibility index (Phi) is 7.16. The van der Waals surface area contributed by atoms with Gasteiger partial charge in [0.05, 0.1) is 10.8 Å². The Bertz CT molecular complexity index is 554. The van der Waals surface area contributed by atoms with Crippen molar-refractivity contribution in [3.05, 3.63) is 34.6 Å². The first-order valence-corrected chi connectivity index (χ1v) is 8.22. The zero-order valence-electron chi connectivity index (χ0n) is 13.0. The van der Waals surface area contributed by atoms with E-state index in [1.807, 2.05) is 6.92 Å². The number of benzene rings is 1. The lowest BCUT2D eigenvalue weighted by Gasteiger charge is -2.18. The molecule has 0 aliphatic carbocycles. The van der Waals surface area contributed by atoms with Crippen LogP contribution >= 0.6 is 23.4 Å². The van der Waals surface area contributed by atoms with Crippen LogP contribution in [0.5, 0.6) is 0 Å². The third kappa shape index (κ3) is 5.50. The van der Waals surface area contributed by atoms with Crippen molar-refractivity contribution in [1.29, 1.82) is 0 Å². The number of thioether (sulfide) groups is 1. The topological polar surface area (TPSA) is 49.4 Å².